The van der Waals surface area contributed by atoms with Crippen LogP contribution in [0.15, 0.2) is 16.6 Å². The maximum Gasteiger partial charge on any atom is 0.433 e. The highest BCUT2D eigenvalue weighted by atomic mass is 79.9. The van der Waals surface area contributed by atoms with Gasteiger partial charge in [0.05, 0.1) is 5.52 Å². The predicted molar refractivity (Wildman–Crippen MR) is 82.7 cm³/mol. The van der Waals surface area contributed by atoms with E-state index in [1.54, 1.807) is 6.07 Å². The fourth-order valence-corrected chi connectivity index (χ4v) is 2.97. The molecular formula is C15H16BrF3N2. The van der Waals surface area contributed by atoms with Crippen molar-refractivity contribution in [2.45, 2.75) is 33.4 Å². The molecule has 0 aliphatic heterocycles. The Hall–Kier alpha value is -1.30. The van der Waals surface area contributed by atoms with Gasteiger partial charge in [0, 0.05) is 27.7 Å². The number of benzene rings is 1. The van der Waals surface area contributed by atoms with Crippen molar-refractivity contribution < 1.29 is 13.2 Å². The number of hydrogen-bond acceptors (Lipinski definition) is 2. The maximum absolute atomic E-state index is 13.2. The molecule has 0 saturated heterocycles. The number of nitrogens with one attached hydrogen (secondary N) is 1. The fourth-order valence-electron chi connectivity index (χ4n) is 2.31. The molecule has 1 N–H and O–H groups in total. The van der Waals surface area contributed by atoms with Crippen LogP contribution < -0.4 is 5.32 Å². The average molecular weight is 361 g/mol. The van der Waals surface area contributed by atoms with Gasteiger partial charge in [-0.3, -0.25) is 0 Å². The Bertz CT molecular complexity index is 681. The molecule has 0 atom stereocenters. The second kappa shape index (κ2) is 5.83. The molecule has 1 aromatic carbocycles. The lowest BCUT2D eigenvalue weighted by Gasteiger charge is -2.18. The molecule has 1 aromatic heterocycles. The molecule has 114 valence electrons. The quantitative estimate of drug-likeness (QED) is 0.786. The molecule has 2 aromatic rings. The van der Waals surface area contributed by atoms with Crippen molar-refractivity contribution in [3.63, 3.8) is 0 Å². The molecular weight excluding hydrogens is 345 g/mol. The van der Waals surface area contributed by atoms with E-state index in [1.165, 1.54) is 6.92 Å². The van der Waals surface area contributed by atoms with Crippen LogP contribution in [0.25, 0.3) is 10.9 Å². The third-order valence-electron chi connectivity index (χ3n) is 3.25. The summed E-state index contributed by atoms with van der Waals surface area (Å²) in [6, 6.07) is 3.63. The van der Waals surface area contributed by atoms with E-state index in [0.29, 0.717) is 27.6 Å². The van der Waals surface area contributed by atoms with Crippen LogP contribution in [0.1, 0.15) is 30.2 Å². The summed E-state index contributed by atoms with van der Waals surface area (Å²) < 4.78 is 40.1. The van der Waals surface area contributed by atoms with Crippen LogP contribution in [0, 0.1) is 13.8 Å². The van der Waals surface area contributed by atoms with Crippen LogP contribution in [-0.2, 0) is 6.18 Å². The van der Waals surface area contributed by atoms with Gasteiger partial charge in [0.25, 0.3) is 0 Å². The topological polar surface area (TPSA) is 24.9 Å². The number of hydrogen-bond donors (Lipinski definition) is 1. The molecule has 0 unspecified atom stereocenters. The minimum atomic E-state index is -4.47. The molecule has 2 rings (SSSR count). The average Bonchev–Trinajstić information content (AvgIpc) is 2.35. The minimum absolute atomic E-state index is 0.140. The SMILES string of the molecule is CCCNc1c(C)c(C(F)(F)F)nc2c(Br)cc(C)cc12. The van der Waals surface area contributed by atoms with Crippen LogP contribution >= 0.6 is 15.9 Å². The van der Waals surface area contributed by atoms with Gasteiger partial charge < -0.3 is 5.32 Å². The summed E-state index contributed by atoms with van der Waals surface area (Å²) in [6.45, 7) is 5.95. The second-order valence-electron chi connectivity index (χ2n) is 5.03. The number of nitrogens with zero attached hydrogens (tertiary/aromatic N) is 1. The van der Waals surface area contributed by atoms with Gasteiger partial charge in [-0.05, 0) is 53.9 Å². The predicted octanol–water partition coefficient (Wildman–Crippen LogP) is 5.45. The van der Waals surface area contributed by atoms with Crippen LogP contribution in [0.3, 0.4) is 0 Å². The first-order valence-corrected chi connectivity index (χ1v) is 7.46. The number of fused-ring (bicyclic) bond motifs is 1. The highest BCUT2D eigenvalue weighted by Gasteiger charge is 2.36. The molecule has 0 spiro atoms. The zero-order valence-corrected chi connectivity index (χ0v) is 13.6. The lowest BCUT2D eigenvalue weighted by Crippen LogP contribution is -2.14. The van der Waals surface area contributed by atoms with Crippen molar-refractivity contribution in [1.82, 2.24) is 4.98 Å². The third kappa shape index (κ3) is 3.15. The number of aryl methyl sites for hydroxylation is 1. The Labute approximate surface area is 129 Å². The normalized spacial score (nSPS) is 12.0. The van der Waals surface area contributed by atoms with E-state index in [9.17, 15) is 13.2 Å². The Morgan fingerprint density at radius 1 is 1.24 bits per heavy atom. The van der Waals surface area contributed by atoms with Crippen LogP contribution in [0.5, 0.6) is 0 Å². The van der Waals surface area contributed by atoms with Gasteiger partial charge >= 0.3 is 6.18 Å². The summed E-state index contributed by atoms with van der Waals surface area (Å²) in [4.78, 5) is 3.84. The van der Waals surface area contributed by atoms with Crippen molar-refractivity contribution in [3.05, 3.63) is 33.4 Å². The monoisotopic (exact) mass is 360 g/mol. The van der Waals surface area contributed by atoms with E-state index < -0.39 is 11.9 Å². The van der Waals surface area contributed by atoms with Crippen LogP contribution in [0.4, 0.5) is 18.9 Å². The zero-order chi connectivity index (χ0) is 15.8. The zero-order valence-electron chi connectivity index (χ0n) is 12.0. The standard InChI is InChI=1S/C15H16BrF3N2/c1-4-5-20-12-9(3)14(15(17,18)19)21-13-10(12)6-8(2)7-11(13)16/h6-7H,4-5H2,1-3H3,(H,20,21). The Morgan fingerprint density at radius 2 is 1.90 bits per heavy atom. The Kier molecular flexibility index (Phi) is 4.46. The maximum atomic E-state index is 13.2. The molecule has 0 aliphatic carbocycles. The van der Waals surface area contributed by atoms with Gasteiger partial charge in [-0.1, -0.05) is 6.92 Å². The summed E-state index contributed by atoms with van der Waals surface area (Å²) in [6.07, 6.45) is -3.64. The first-order chi connectivity index (χ1) is 9.75. The van der Waals surface area contributed by atoms with E-state index in [4.69, 9.17) is 0 Å². The van der Waals surface area contributed by atoms with E-state index >= 15 is 0 Å². The highest BCUT2D eigenvalue weighted by molar-refractivity contribution is 9.10. The lowest BCUT2D eigenvalue weighted by molar-refractivity contribution is -0.141. The summed E-state index contributed by atoms with van der Waals surface area (Å²) in [7, 11) is 0. The van der Waals surface area contributed by atoms with E-state index in [0.717, 1.165) is 12.0 Å². The van der Waals surface area contributed by atoms with Gasteiger partial charge in [-0.15, -0.1) is 0 Å². The molecule has 0 fully saturated rings. The number of alkyl halides is 3. The summed E-state index contributed by atoms with van der Waals surface area (Å²) in [5, 5.41) is 3.82. The number of halogens is 4. The minimum Gasteiger partial charge on any atom is -0.384 e. The first-order valence-electron chi connectivity index (χ1n) is 6.67. The Balaban J connectivity index is 2.83. The van der Waals surface area contributed by atoms with E-state index in [1.807, 2.05) is 19.9 Å². The number of aromatic nitrogens is 1. The van der Waals surface area contributed by atoms with Gasteiger partial charge in [-0.25, -0.2) is 4.98 Å². The van der Waals surface area contributed by atoms with Gasteiger partial charge in [0.15, 0.2) is 0 Å². The summed E-state index contributed by atoms with van der Waals surface area (Å²) >= 11 is 3.32. The first kappa shape index (κ1) is 16.1. The molecule has 2 nitrogen and oxygen atoms in total. The number of rotatable bonds is 3. The molecule has 21 heavy (non-hydrogen) atoms. The molecule has 6 heteroatoms. The molecule has 1 heterocycles. The van der Waals surface area contributed by atoms with Crippen molar-refractivity contribution in [2.24, 2.45) is 0 Å². The molecule has 0 amide bonds. The van der Waals surface area contributed by atoms with Gasteiger partial charge in [-0.2, -0.15) is 13.2 Å². The molecule has 0 radical (unpaired) electrons. The highest BCUT2D eigenvalue weighted by Crippen LogP contribution is 2.39. The van der Waals surface area contributed by atoms with E-state index in [2.05, 4.69) is 26.2 Å². The molecule has 0 bridgehead atoms. The second-order valence-corrected chi connectivity index (χ2v) is 5.88. The summed E-state index contributed by atoms with van der Waals surface area (Å²) in [5.41, 5.74) is 1.12. The molecule has 0 saturated carbocycles. The number of pyridine rings is 1. The lowest BCUT2D eigenvalue weighted by atomic mass is 10.0. The van der Waals surface area contributed by atoms with Crippen molar-refractivity contribution in [2.75, 3.05) is 11.9 Å². The van der Waals surface area contributed by atoms with E-state index in [-0.39, 0.29) is 5.56 Å². The van der Waals surface area contributed by atoms with Crippen molar-refractivity contribution in [1.29, 1.82) is 0 Å². The smallest absolute Gasteiger partial charge is 0.384 e. The fraction of sp³-hybridized carbons (Fsp3) is 0.400. The van der Waals surface area contributed by atoms with Crippen LogP contribution in [0.2, 0.25) is 0 Å². The third-order valence-corrected chi connectivity index (χ3v) is 3.86. The molecule has 0 aliphatic rings. The van der Waals surface area contributed by atoms with Gasteiger partial charge in [0.2, 0.25) is 0 Å². The number of anilines is 1. The van der Waals surface area contributed by atoms with Gasteiger partial charge in [0.1, 0.15) is 5.69 Å². The Morgan fingerprint density at radius 3 is 2.48 bits per heavy atom. The van der Waals surface area contributed by atoms with Crippen molar-refractivity contribution in [3.8, 4) is 0 Å². The van der Waals surface area contributed by atoms with Crippen molar-refractivity contribution >= 4 is 32.5 Å². The largest absolute Gasteiger partial charge is 0.433 e. The van der Waals surface area contributed by atoms with Crippen LogP contribution in [-0.4, -0.2) is 11.5 Å². The summed E-state index contributed by atoms with van der Waals surface area (Å²) in [5.74, 6) is 0.